The third-order valence-electron chi connectivity index (χ3n) is 2.95. The minimum Gasteiger partial charge on any atom is -0.331 e. The monoisotopic (exact) mass is 300 g/mol. The third-order valence-corrected chi connectivity index (χ3v) is 3.24. The van der Waals surface area contributed by atoms with Crippen LogP contribution in [0.5, 0.6) is 0 Å². The van der Waals surface area contributed by atoms with Crippen LogP contribution in [0.2, 0.25) is 0 Å². The Labute approximate surface area is 128 Å². The summed E-state index contributed by atoms with van der Waals surface area (Å²) in [6, 6.07) is 10.9. The molecule has 1 amide bonds. The van der Waals surface area contributed by atoms with Crippen molar-refractivity contribution in [2.75, 3.05) is 5.32 Å². The van der Waals surface area contributed by atoms with Gasteiger partial charge in [0.05, 0.1) is 0 Å². The van der Waals surface area contributed by atoms with Gasteiger partial charge in [0.15, 0.2) is 5.11 Å². The van der Waals surface area contributed by atoms with E-state index in [0.29, 0.717) is 0 Å². The van der Waals surface area contributed by atoms with Crippen LogP contribution in [0, 0.1) is 13.8 Å². The number of carbonyl (C=O) groups excluding carboxylic acids is 1. The number of amides is 1. The quantitative estimate of drug-likeness (QED) is 0.386. The van der Waals surface area contributed by atoms with E-state index in [2.05, 4.69) is 10.3 Å². The predicted octanol–water partition coefficient (Wildman–Crippen LogP) is 2.41. The molecule has 1 heterocycles. The molecule has 0 spiro atoms. The van der Waals surface area contributed by atoms with Crippen molar-refractivity contribution in [1.82, 2.24) is 9.99 Å². The van der Waals surface area contributed by atoms with E-state index in [1.165, 1.54) is 6.20 Å². The maximum Gasteiger partial charge on any atom is 0.292 e. The van der Waals surface area contributed by atoms with Crippen molar-refractivity contribution in [3.8, 4) is 0 Å². The van der Waals surface area contributed by atoms with Gasteiger partial charge in [0.25, 0.3) is 5.91 Å². The molecule has 1 aromatic heterocycles. The molecule has 6 heteroatoms. The maximum atomic E-state index is 12.1. The second-order valence-corrected chi connectivity index (χ2v) is 5.03. The van der Waals surface area contributed by atoms with E-state index < -0.39 is 5.91 Å². The second-order valence-electron chi connectivity index (χ2n) is 4.64. The summed E-state index contributed by atoms with van der Waals surface area (Å²) in [5, 5.41) is 3.98. The lowest BCUT2D eigenvalue weighted by molar-refractivity contribution is 0.0844. The van der Waals surface area contributed by atoms with E-state index in [0.717, 1.165) is 21.8 Å². The first-order valence-electron chi connectivity index (χ1n) is 6.37. The molecule has 0 fully saturated rings. The zero-order chi connectivity index (χ0) is 15.4. The topological polar surface area (TPSA) is 71.2 Å². The molecule has 3 N–H and O–H groups in total. The van der Waals surface area contributed by atoms with E-state index in [4.69, 9.17) is 18.1 Å². The van der Waals surface area contributed by atoms with Crippen LogP contribution in [-0.2, 0) is 0 Å². The van der Waals surface area contributed by atoms with Crippen molar-refractivity contribution in [2.45, 2.75) is 13.8 Å². The van der Waals surface area contributed by atoms with Crippen molar-refractivity contribution in [1.29, 1.82) is 0 Å². The van der Waals surface area contributed by atoms with Crippen LogP contribution in [0.3, 0.4) is 0 Å². The molecule has 0 bridgehead atoms. The average Bonchev–Trinajstić information content (AvgIpc) is 2.49. The smallest absolute Gasteiger partial charge is 0.292 e. The highest BCUT2D eigenvalue weighted by Gasteiger charge is 2.18. The number of nitrogens with one attached hydrogen (secondary N) is 1. The number of rotatable bonds is 2. The van der Waals surface area contributed by atoms with E-state index in [-0.39, 0.29) is 10.8 Å². The molecular weight excluding hydrogens is 284 g/mol. The van der Waals surface area contributed by atoms with E-state index >= 15 is 0 Å². The van der Waals surface area contributed by atoms with Crippen LogP contribution in [0.15, 0.2) is 42.6 Å². The van der Waals surface area contributed by atoms with E-state index in [9.17, 15) is 4.79 Å². The van der Waals surface area contributed by atoms with E-state index in [1.807, 2.05) is 32.0 Å². The SMILES string of the molecule is Cc1ccc(NC(=S)N(N)C(=O)c2ccccn2)c(C)c1. The first-order chi connectivity index (χ1) is 9.99. The Morgan fingerprint density at radius 3 is 2.67 bits per heavy atom. The molecule has 108 valence electrons. The van der Waals surface area contributed by atoms with Gasteiger partial charge in [0, 0.05) is 11.9 Å². The summed E-state index contributed by atoms with van der Waals surface area (Å²) in [5.74, 6) is 5.30. The number of hydrogen-bond donors (Lipinski definition) is 2. The fourth-order valence-electron chi connectivity index (χ4n) is 1.83. The number of pyridine rings is 1. The molecule has 21 heavy (non-hydrogen) atoms. The van der Waals surface area contributed by atoms with Gasteiger partial charge in [-0.15, -0.1) is 0 Å². The van der Waals surface area contributed by atoms with Crippen LogP contribution < -0.4 is 11.2 Å². The molecule has 0 aliphatic rings. The first-order valence-corrected chi connectivity index (χ1v) is 6.78. The Morgan fingerprint density at radius 2 is 2.05 bits per heavy atom. The van der Waals surface area contributed by atoms with Gasteiger partial charge < -0.3 is 5.32 Å². The molecule has 0 aliphatic heterocycles. The van der Waals surface area contributed by atoms with Gasteiger partial charge in [-0.25, -0.2) is 10.9 Å². The molecule has 0 unspecified atom stereocenters. The van der Waals surface area contributed by atoms with Gasteiger partial charge in [-0.1, -0.05) is 23.8 Å². The average molecular weight is 300 g/mol. The number of thiocarbonyl (C=S) groups is 1. The summed E-state index contributed by atoms with van der Waals surface area (Å²) in [6.45, 7) is 3.97. The zero-order valence-electron chi connectivity index (χ0n) is 11.8. The summed E-state index contributed by atoms with van der Waals surface area (Å²) in [4.78, 5) is 16.1. The number of nitrogens with two attached hydrogens (primary N) is 1. The number of nitrogens with zero attached hydrogens (tertiary/aromatic N) is 2. The molecule has 1 aromatic carbocycles. The molecule has 0 aliphatic carbocycles. The van der Waals surface area contributed by atoms with Crippen LogP contribution in [0.25, 0.3) is 0 Å². The highest BCUT2D eigenvalue weighted by molar-refractivity contribution is 7.80. The molecule has 5 nitrogen and oxygen atoms in total. The normalized spacial score (nSPS) is 10.0. The van der Waals surface area contributed by atoms with Crippen molar-refractivity contribution in [3.05, 3.63) is 59.4 Å². The highest BCUT2D eigenvalue weighted by atomic mass is 32.1. The first kappa shape index (κ1) is 15.1. The van der Waals surface area contributed by atoms with Crippen molar-refractivity contribution < 1.29 is 4.79 Å². The molecule has 0 saturated heterocycles. The fraction of sp³-hybridized carbons (Fsp3) is 0.133. The highest BCUT2D eigenvalue weighted by Crippen LogP contribution is 2.16. The largest absolute Gasteiger partial charge is 0.331 e. The lowest BCUT2D eigenvalue weighted by Crippen LogP contribution is -2.45. The Hall–Kier alpha value is -2.31. The Kier molecular flexibility index (Phi) is 4.62. The molecule has 0 radical (unpaired) electrons. The summed E-state index contributed by atoms with van der Waals surface area (Å²) in [7, 11) is 0. The number of hydrogen-bond acceptors (Lipinski definition) is 4. The summed E-state index contributed by atoms with van der Waals surface area (Å²) in [5.41, 5.74) is 3.23. The number of benzene rings is 1. The van der Waals surface area contributed by atoms with Crippen molar-refractivity contribution in [3.63, 3.8) is 0 Å². The summed E-state index contributed by atoms with van der Waals surface area (Å²) < 4.78 is 0. The van der Waals surface area contributed by atoms with Gasteiger partial charge in [-0.3, -0.25) is 9.78 Å². The van der Waals surface area contributed by atoms with Gasteiger partial charge in [-0.05, 0) is 49.8 Å². The van der Waals surface area contributed by atoms with E-state index in [1.54, 1.807) is 18.2 Å². The number of aromatic nitrogens is 1. The number of anilines is 1. The Balaban J connectivity index is 2.11. The summed E-state index contributed by atoms with van der Waals surface area (Å²) >= 11 is 5.17. The number of aryl methyl sites for hydroxylation is 2. The number of hydrazine groups is 1. The summed E-state index contributed by atoms with van der Waals surface area (Å²) in [6.07, 6.45) is 1.53. The standard InChI is InChI=1S/C15H16N4OS/c1-10-6-7-12(11(2)9-10)18-15(21)19(16)14(20)13-5-3-4-8-17-13/h3-9H,16H2,1-2H3,(H,18,21). The zero-order valence-corrected chi connectivity index (χ0v) is 12.6. The minimum atomic E-state index is -0.460. The van der Waals surface area contributed by atoms with Gasteiger partial charge >= 0.3 is 0 Å². The van der Waals surface area contributed by atoms with Crippen molar-refractivity contribution >= 4 is 28.9 Å². The second kappa shape index (κ2) is 6.43. The fourth-order valence-corrected chi connectivity index (χ4v) is 2.03. The van der Waals surface area contributed by atoms with Gasteiger partial charge in [0.1, 0.15) is 5.69 Å². The minimum absolute atomic E-state index is 0.123. The van der Waals surface area contributed by atoms with Gasteiger partial charge in [-0.2, -0.15) is 0 Å². The van der Waals surface area contributed by atoms with Crippen LogP contribution in [-0.4, -0.2) is 21.0 Å². The Bertz CT molecular complexity index is 673. The lowest BCUT2D eigenvalue weighted by Gasteiger charge is -2.19. The van der Waals surface area contributed by atoms with Crippen LogP contribution >= 0.6 is 12.2 Å². The molecule has 0 saturated carbocycles. The molecule has 2 aromatic rings. The molecule has 0 atom stereocenters. The maximum absolute atomic E-state index is 12.1. The number of carbonyl (C=O) groups is 1. The van der Waals surface area contributed by atoms with Crippen LogP contribution in [0.4, 0.5) is 5.69 Å². The van der Waals surface area contributed by atoms with Gasteiger partial charge in [0.2, 0.25) is 0 Å². The predicted molar refractivity (Wildman–Crippen MR) is 86.7 cm³/mol. The molecular formula is C15H16N4OS. The van der Waals surface area contributed by atoms with Crippen LogP contribution in [0.1, 0.15) is 21.6 Å². The Morgan fingerprint density at radius 1 is 1.29 bits per heavy atom. The van der Waals surface area contributed by atoms with Crippen molar-refractivity contribution in [2.24, 2.45) is 5.84 Å². The molecule has 2 rings (SSSR count). The lowest BCUT2D eigenvalue weighted by atomic mass is 10.1. The third kappa shape index (κ3) is 3.62.